The molecule has 0 aromatic heterocycles. The number of benzene rings is 1. The van der Waals surface area contributed by atoms with E-state index in [-0.39, 0.29) is 24.0 Å². The van der Waals surface area contributed by atoms with Gasteiger partial charge in [-0.25, -0.2) is 9.59 Å². The zero-order valence-corrected chi connectivity index (χ0v) is 11.3. The molecule has 21 heavy (non-hydrogen) atoms. The molecule has 0 fully saturated rings. The van der Waals surface area contributed by atoms with Crippen LogP contribution in [-0.2, 0) is 9.53 Å². The number of hydrogen-bond donors (Lipinski definition) is 2. The number of carbonyl (C=O) groups is 3. The lowest BCUT2D eigenvalue weighted by Gasteiger charge is -2.13. The largest absolute Gasteiger partial charge is 0.480 e. The lowest BCUT2D eigenvalue weighted by molar-refractivity contribution is -0.139. The summed E-state index contributed by atoms with van der Waals surface area (Å²) in [6.45, 7) is 0. The van der Waals surface area contributed by atoms with Crippen LogP contribution in [0.1, 0.15) is 33.6 Å². The van der Waals surface area contributed by atoms with Crippen molar-refractivity contribution < 1.29 is 24.2 Å². The highest BCUT2D eigenvalue weighted by Crippen LogP contribution is 2.08. The number of nitrogens with zero attached hydrogens (tertiary/aromatic N) is 1. The summed E-state index contributed by atoms with van der Waals surface area (Å²) in [6.07, 6.45) is 0.0215. The average Bonchev–Trinajstić information content (AvgIpc) is 2.50. The summed E-state index contributed by atoms with van der Waals surface area (Å²) in [4.78, 5) is 34.3. The molecule has 7 nitrogen and oxygen atoms in total. The number of carboxylic acid groups (broad SMARTS) is 1. The maximum absolute atomic E-state index is 12.0. The lowest BCUT2D eigenvalue weighted by atomic mass is 10.1. The Labute approximate surface area is 121 Å². The van der Waals surface area contributed by atoms with E-state index in [1.807, 2.05) is 6.07 Å². The van der Waals surface area contributed by atoms with Crippen LogP contribution in [0.3, 0.4) is 0 Å². The van der Waals surface area contributed by atoms with Gasteiger partial charge in [0.05, 0.1) is 18.7 Å². The van der Waals surface area contributed by atoms with Crippen LogP contribution in [0.15, 0.2) is 24.3 Å². The number of carboxylic acids is 1. The Morgan fingerprint density at radius 1 is 1.38 bits per heavy atom. The van der Waals surface area contributed by atoms with Gasteiger partial charge in [0.2, 0.25) is 0 Å². The molecule has 0 aliphatic rings. The molecule has 0 aliphatic heterocycles. The van der Waals surface area contributed by atoms with Crippen LogP contribution in [-0.4, -0.2) is 36.1 Å². The Bertz CT molecular complexity index is 591. The average molecular weight is 290 g/mol. The van der Waals surface area contributed by atoms with Gasteiger partial charge in [0.25, 0.3) is 5.91 Å². The van der Waals surface area contributed by atoms with Crippen LogP contribution in [0.25, 0.3) is 0 Å². The summed E-state index contributed by atoms with van der Waals surface area (Å²) in [7, 11) is 1.22. The number of hydrogen-bond acceptors (Lipinski definition) is 5. The maximum Gasteiger partial charge on any atom is 0.337 e. The van der Waals surface area contributed by atoms with Crippen molar-refractivity contribution in [3.63, 3.8) is 0 Å². The second-order valence-corrected chi connectivity index (χ2v) is 4.13. The summed E-state index contributed by atoms with van der Waals surface area (Å²) in [5, 5.41) is 19.8. The smallest absolute Gasteiger partial charge is 0.337 e. The van der Waals surface area contributed by atoms with Gasteiger partial charge in [-0.1, -0.05) is 6.07 Å². The molecule has 1 amide bonds. The lowest BCUT2D eigenvalue weighted by Crippen LogP contribution is -2.40. The van der Waals surface area contributed by atoms with Gasteiger partial charge in [0, 0.05) is 12.0 Å². The standard InChI is InChI=1S/C14H14N2O5/c1-21-14(20)10-5-2-4-9(8-10)12(17)16-11(13(18)19)6-3-7-15/h2,4-5,8,11H,3,6H2,1H3,(H,16,17)(H,18,19)/t11-/m1/s1. The van der Waals surface area contributed by atoms with E-state index in [0.717, 1.165) is 0 Å². The molecular formula is C14H14N2O5. The molecule has 0 unspecified atom stereocenters. The molecular weight excluding hydrogens is 276 g/mol. The van der Waals surface area contributed by atoms with Crippen molar-refractivity contribution in [1.82, 2.24) is 5.32 Å². The Morgan fingerprint density at radius 3 is 2.62 bits per heavy atom. The van der Waals surface area contributed by atoms with Gasteiger partial charge >= 0.3 is 11.9 Å². The third kappa shape index (κ3) is 4.62. The molecule has 7 heteroatoms. The first-order valence-electron chi connectivity index (χ1n) is 6.08. The number of nitrogens with one attached hydrogen (secondary N) is 1. The minimum atomic E-state index is -1.22. The second kappa shape index (κ2) is 7.65. The third-order valence-electron chi connectivity index (χ3n) is 2.69. The van der Waals surface area contributed by atoms with Crippen LogP contribution >= 0.6 is 0 Å². The second-order valence-electron chi connectivity index (χ2n) is 4.13. The number of esters is 1. The molecule has 1 aromatic carbocycles. The molecule has 0 saturated carbocycles. The topological polar surface area (TPSA) is 116 Å². The van der Waals surface area contributed by atoms with Crippen molar-refractivity contribution in [1.29, 1.82) is 5.26 Å². The summed E-state index contributed by atoms with van der Waals surface area (Å²) < 4.78 is 4.54. The summed E-state index contributed by atoms with van der Waals surface area (Å²) >= 11 is 0. The molecule has 0 spiro atoms. The Hall–Kier alpha value is -2.88. The molecule has 0 heterocycles. The van der Waals surface area contributed by atoms with Gasteiger partial charge in [-0.2, -0.15) is 5.26 Å². The van der Waals surface area contributed by atoms with Gasteiger partial charge < -0.3 is 15.2 Å². The Kier molecular flexibility index (Phi) is 5.89. The van der Waals surface area contributed by atoms with Gasteiger partial charge in [0.1, 0.15) is 6.04 Å². The molecule has 0 saturated heterocycles. The zero-order chi connectivity index (χ0) is 15.8. The SMILES string of the molecule is COC(=O)c1cccc(C(=O)N[C@H](CCC#N)C(=O)O)c1. The van der Waals surface area contributed by atoms with E-state index < -0.39 is 23.9 Å². The fraction of sp³-hybridized carbons (Fsp3) is 0.286. The molecule has 1 aromatic rings. The van der Waals surface area contributed by atoms with Crippen molar-refractivity contribution in [3.05, 3.63) is 35.4 Å². The number of aliphatic carboxylic acids is 1. The van der Waals surface area contributed by atoms with Crippen molar-refractivity contribution in [2.24, 2.45) is 0 Å². The summed E-state index contributed by atoms with van der Waals surface area (Å²) in [5.74, 6) is -2.45. The van der Waals surface area contributed by atoms with Crippen LogP contribution in [0.4, 0.5) is 0 Å². The van der Waals surface area contributed by atoms with Crippen LogP contribution in [0.2, 0.25) is 0 Å². The van der Waals surface area contributed by atoms with E-state index in [4.69, 9.17) is 10.4 Å². The Morgan fingerprint density at radius 2 is 2.05 bits per heavy atom. The first kappa shape index (κ1) is 16.2. The summed E-state index contributed by atoms with van der Waals surface area (Å²) in [5.41, 5.74) is 0.329. The van der Waals surface area contributed by atoms with Crippen molar-refractivity contribution in [2.45, 2.75) is 18.9 Å². The number of nitriles is 1. The predicted molar refractivity (Wildman–Crippen MR) is 71.5 cm³/mol. The van der Waals surface area contributed by atoms with Crippen molar-refractivity contribution in [2.75, 3.05) is 7.11 Å². The monoisotopic (exact) mass is 290 g/mol. The molecule has 1 rings (SSSR count). The molecule has 110 valence electrons. The fourth-order valence-electron chi connectivity index (χ4n) is 1.61. The van der Waals surface area contributed by atoms with Gasteiger partial charge in [-0.05, 0) is 24.6 Å². The highest BCUT2D eigenvalue weighted by molar-refractivity contribution is 5.99. The van der Waals surface area contributed by atoms with E-state index in [1.165, 1.54) is 31.4 Å². The van der Waals surface area contributed by atoms with Crippen LogP contribution in [0, 0.1) is 11.3 Å². The maximum atomic E-state index is 12.0. The first-order valence-corrected chi connectivity index (χ1v) is 6.08. The predicted octanol–water partition coefficient (Wildman–Crippen LogP) is 0.960. The normalized spacial score (nSPS) is 11.0. The van der Waals surface area contributed by atoms with E-state index in [9.17, 15) is 14.4 Å². The quantitative estimate of drug-likeness (QED) is 0.754. The van der Waals surface area contributed by atoms with Crippen LogP contribution < -0.4 is 5.32 Å². The number of amides is 1. The van der Waals surface area contributed by atoms with Crippen molar-refractivity contribution >= 4 is 17.8 Å². The molecule has 0 bridgehead atoms. The van der Waals surface area contributed by atoms with E-state index in [2.05, 4.69) is 10.1 Å². The van der Waals surface area contributed by atoms with E-state index in [0.29, 0.717) is 0 Å². The van der Waals surface area contributed by atoms with Gasteiger partial charge in [0.15, 0.2) is 0 Å². The highest BCUT2D eigenvalue weighted by atomic mass is 16.5. The van der Waals surface area contributed by atoms with Crippen LogP contribution in [0.5, 0.6) is 0 Å². The zero-order valence-electron chi connectivity index (χ0n) is 11.3. The van der Waals surface area contributed by atoms with E-state index >= 15 is 0 Å². The van der Waals surface area contributed by atoms with Crippen molar-refractivity contribution in [3.8, 4) is 6.07 Å². The minimum Gasteiger partial charge on any atom is -0.480 e. The molecule has 1 atom stereocenters. The fourth-order valence-corrected chi connectivity index (χ4v) is 1.61. The molecule has 2 N–H and O–H groups in total. The summed E-state index contributed by atoms with van der Waals surface area (Å²) in [6, 6.07) is 6.40. The van der Waals surface area contributed by atoms with E-state index in [1.54, 1.807) is 0 Å². The number of rotatable bonds is 6. The molecule has 0 aliphatic carbocycles. The number of methoxy groups -OCH3 is 1. The first-order chi connectivity index (χ1) is 9.99. The minimum absolute atomic E-state index is 0.00820. The number of carbonyl (C=O) groups excluding carboxylic acids is 2. The highest BCUT2D eigenvalue weighted by Gasteiger charge is 2.20. The molecule has 0 radical (unpaired) electrons. The van der Waals surface area contributed by atoms with Gasteiger partial charge in [-0.15, -0.1) is 0 Å². The number of ether oxygens (including phenoxy) is 1. The Balaban J connectivity index is 2.85. The third-order valence-corrected chi connectivity index (χ3v) is 2.69. The van der Waals surface area contributed by atoms with Gasteiger partial charge in [-0.3, -0.25) is 4.79 Å².